The van der Waals surface area contributed by atoms with E-state index in [1.54, 1.807) is 23.2 Å². The molecule has 1 N–H and O–H groups in total. The van der Waals surface area contributed by atoms with E-state index in [0.717, 1.165) is 27.8 Å². The molecule has 0 aliphatic rings. The summed E-state index contributed by atoms with van der Waals surface area (Å²) in [5.41, 5.74) is 2.83. The van der Waals surface area contributed by atoms with Gasteiger partial charge in [-0.25, -0.2) is 4.98 Å². The second-order valence-electron chi connectivity index (χ2n) is 5.15. The maximum atomic E-state index is 5.16. The van der Waals surface area contributed by atoms with Gasteiger partial charge in [0.15, 0.2) is 5.13 Å². The first-order valence-corrected chi connectivity index (χ1v) is 9.28. The first-order chi connectivity index (χ1) is 12.3. The van der Waals surface area contributed by atoms with Gasteiger partial charge in [0.1, 0.15) is 12.3 Å². The van der Waals surface area contributed by atoms with Crippen molar-refractivity contribution < 1.29 is 4.74 Å². The Balaban J connectivity index is 1.42. The maximum absolute atomic E-state index is 5.16. The molecule has 25 heavy (non-hydrogen) atoms. The highest BCUT2D eigenvalue weighted by atomic mass is 32.1. The van der Waals surface area contributed by atoms with Gasteiger partial charge in [0.05, 0.1) is 12.8 Å². The Morgan fingerprint density at radius 2 is 2.04 bits per heavy atom. The number of methoxy groups -OCH3 is 1. The summed E-state index contributed by atoms with van der Waals surface area (Å²) in [6.07, 6.45) is 0. The van der Waals surface area contributed by atoms with Crippen LogP contribution < -0.4 is 10.1 Å². The SMILES string of the molecule is COc1ccc(Nc2nc(Cn3nnc(-c4ccsc4)n3)cs2)cc1. The Morgan fingerprint density at radius 1 is 1.16 bits per heavy atom. The van der Waals surface area contributed by atoms with Crippen molar-refractivity contribution in [2.24, 2.45) is 0 Å². The number of rotatable bonds is 6. The lowest BCUT2D eigenvalue weighted by atomic mass is 10.3. The summed E-state index contributed by atoms with van der Waals surface area (Å²) < 4.78 is 5.16. The van der Waals surface area contributed by atoms with Crippen molar-refractivity contribution in [3.05, 3.63) is 52.2 Å². The van der Waals surface area contributed by atoms with E-state index in [0.29, 0.717) is 12.4 Å². The Hall–Kier alpha value is -2.78. The second kappa shape index (κ2) is 6.99. The quantitative estimate of drug-likeness (QED) is 0.558. The molecule has 0 saturated carbocycles. The molecule has 3 aromatic heterocycles. The summed E-state index contributed by atoms with van der Waals surface area (Å²) in [6.45, 7) is 0.484. The monoisotopic (exact) mass is 370 g/mol. The van der Waals surface area contributed by atoms with Crippen LogP contribution in [0.3, 0.4) is 0 Å². The van der Waals surface area contributed by atoms with Crippen molar-refractivity contribution in [2.45, 2.75) is 6.54 Å². The minimum atomic E-state index is 0.484. The molecule has 9 heteroatoms. The van der Waals surface area contributed by atoms with Gasteiger partial charge >= 0.3 is 0 Å². The summed E-state index contributed by atoms with van der Waals surface area (Å²) in [5.74, 6) is 1.46. The number of tetrazole rings is 1. The third-order valence-corrected chi connectivity index (χ3v) is 4.92. The molecule has 0 saturated heterocycles. The minimum absolute atomic E-state index is 0.484. The molecule has 0 atom stereocenters. The number of thiazole rings is 1. The molecule has 0 amide bonds. The number of nitrogens with zero attached hydrogens (tertiary/aromatic N) is 5. The lowest BCUT2D eigenvalue weighted by molar-refractivity contribution is 0.415. The van der Waals surface area contributed by atoms with Crippen molar-refractivity contribution in [1.29, 1.82) is 0 Å². The van der Waals surface area contributed by atoms with Crippen molar-refractivity contribution >= 4 is 33.5 Å². The number of hydrogen-bond acceptors (Lipinski definition) is 8. The van der Waals surface area contributed by atoms with Crippen LogP contribution in [0.15, 0.2) is 46.5 Å². The maximum Gasteiger partial charge on any atom is 0.205 e. The highest BCUT2D eigenvalue weighted by Gasteiger charge is 2.09. The molecule has 0 fully saturated rings. The molecule has 1 aromatic carbocycles. The van der Waals surface area contributed by atoms with Crippen molar-refractivity contribution in [1.82, 2.24) is 25.2 Å². The predicted molar refractivity (Wildman–Crippen MR) is 98.6 cm³/mol. The number of hydrogen-bond donors (Lipinski definition) is 1. The Morgan fingerprint density at radius 3 is 2.80 bits per heavy atom. The number of nitrogens with one attached hydrogen (secondary N) is 1. The molecule has 0 aliphatic heterocycles. The summed E-state index contributed by atoms with van der Waals surface area (Å²) in [5, 5.41) is 22.6. The van der Waals surface area contributed by atoms with Crippen LogP contribution in [-0.2, 0) is 6.54 Å². The number of benzene rings is 1. The molecular formula is C16H14N6OS2. The topological polar surface area (TPSA) is 77.8 Å². The van der Waals surface area contributed by atoms with Gasteiger partial charge in [0.2, 0.25) is 5.82 Å². The average molecular weight is 370 g/mol. The molecule has 0 spiro atoms. The Bertz CT molecular complexity index is 945. The van der Waals surface area contributed by atoms with E-state index in [4.69, 9.17) is 4.74 Å². The summed E-state index contributed by atoms with van der Waals surface area (Å²) in [4.78, 5) is 6.12. The fourth-order valence-corrected chi connectivity index (χ4v) is 3.55. The molecule has 0 radical (unpaired) electrons. The van der Waals surface area contributed by atoms with Crippen molar-refractivity contribution in [2.75, 3.05) is 12.4 Å². The normalized spacial score (nSPS) is 10.8. The lowest BCUT2D eigenvalue weighted by Crippen LogP contribution is -2.04. The van der Waals surface area contributed by atoms with Crippen LogP contribution in [0.25, 0.3) is 11.4 Å². The predicted octanol–water partition coefficient (Wildman–Crippen LogP) is 3.66. The van der Waals surface area contributed by atoms with Gasteiger partial charge < -0.3 is 10.1 Å². The van der Waals surface area contributed by atoms with E-state index in [2.05, 4.69) is 25.7 Å². The summed E-state index contributed by atoms with van der Waals surface area (Å²) in [6, 6.07) is 9.69. The first-order valence-electron chi connectivity index (χ1n) is 7.46. The molecule has 4 aromatic rings. The van der Waals surface area contributed by atoms with E-state index in [1.807, 2.05) is 46.5 Å². The summed E-state index contributed by atoms with van der Waals surface area (Å²) >= 11 is 3.15. The van der Waals surface area contributed by atoms with Gasteiger partial charge in [-0.3, -0.25) is 0 Å². The highest BCUT2D eigenvalue weighted by Crippen LogP contribution is 2.23. The Labute approximate surface area is 151 Å². The van der Waals surface area contributed by atoms with Crippen molar-refractivity contribution in [3.63, 3.8) is 0 Å². The standard InChI is InChI=1S/C16H14N6OS2/c1-23-14-4-2-12(3-5-14)17-16-18-13(10-25-16)8-22-20-15(19-21-22)11-6-7-24-9-11/h2-7,9-10H,8H2,1H3,(H,17,18). The molecule has 7 nitrogen and oxygen atoms in total. The number of aromatic nitrogens is 5. The average Bonchev–Trinajstić information content (AvgIpc) is 3.37. The zero-order valence-electron chi connectivity index (χ0n) is 13.3. The van der Waals surface area contributed by atoms with Gasteiger partial charge in [0, 0.05) is 22.0 Å². The fourth-order valence-electron chi connectivity index (χ4n) is 2.20. The highest BCUT2D eigenvalue weighted by molar-refractivity contribution is 7.13. The zero-order valence-corrected chi connectivity index (χ0v) is 14.9. The van der Waals surface area contributed by atoms with Gasteiger partial charge in [-0.05, 0) is 40.9 Å². The van der Waals surface area contributed by atoms with Crippen LogP contribution in [0.2, 0.25) is 0 Å². The molecule has 3 heterocycles. The molecule has 0 unspecified atom stereocenters. The van der Waals surface area contributed by atoms with Crippen LogP contribution in [0, 0.1) is 0 Å². The van der Waals surface area contributed by atoms with E-state index in [-0.39, 0.29) is 0 Å². The van der Waals surface area contributed by atoms with E-state index < -0.39 is 0 Å². The largest absolute Gasteiger partial charge is 0.497 e. The number of thiophene rings is 1. The fraction of sp³-hybridized carbons (Fsp3) is 0.125. The van der Waals surface area contributed by atoms with Crippen LogP contribution in [0.4, 0.5) is 10.8 Å². The minimum Gasteiger partial charge on any atom is -0.497 e. The van der Waals surface area contributed by atoms with Gasteiger partial charge in [0.25, 0.3) is 0 Å². The van der Waals surface area contributed by atoms with Crippen molar-refractivity contribution in [3.8, 4) is 17.1 Å². The molecular weight excluding hydrogens is 356 g/mol. The van der Waals surface area contributed by atoms with Crippen LogP contribution >= 0.6 is 22.7 Å². The van der Waals surface area contributed by atoms with Gasteiger partial charge in [-0.2, -0.15) is 16.1 Å². The number of ether oxygens (including phenoxy) is 1. The van der Waals surface area contributed by atoms with Crippen LogP contribution in [-0.4, -0.2) is 32.3 Å². The van der Waals surface area contributed by atoms with E-state index in [9.17, 15) is 0 Å². The van der Waals surface area contributed by atoms with E-state index in [1.165, 1.54) is 11.3 Å². The summed E-state index contributed by atoms with van der Waals surface area (Å²) in [7, 11) is 1.65. The molecule has 0 bridgehead atoms. The third kappa shape index (κ3) is 3.67. The smallest absolute Gasteiger partial charge is 0.205 e. The molecule has 4 rings (SSSR count). The van der Waals surface area contributed by atoms with Gasteiger partial charge in [-0.15, -0.1) is 21.5 Å². The molecule has 0 aliphatic carbocycles. The second-order valence-corrected chi connectivity index (χ2v) is 6.79. The molecule has 126 valence electrons. The number of anilines is 2. The van der Waals surface area contributed by atoms with Crippen LogP contribution in [0.1, 0.15) is 5.69 Å². The lowest BCUT2D eigenvalue weighted by Gasteiger charge is -2.03. The zero-order chi connectivity index (χ0) is 17.1. The van der Waals surface area contributed by atoms with E-state index >= 15 is 0 Å². The Kier molecular flexibility index (Phi) is 4.40. The first kappa shape index (κ1) is 15.7. The van der Waals surface area contributed by atoms with Gasteiger partial charge in [-0.1, -0.05) is 0 Å². The third-order valence-electron chi connectivity index (χ3n) is 3.43. The van der Waals surface area contributed by atoms with Crippen LogP contribution in [0.5, 0.6) is 5.75 Å².